The van der Waals surface area contributed by atoms with Gasteiger partial charge in [0, 0.05) is 13.0 Å². The van der Waals surface area contributed by atoms with Gasteiger partial charge in [0.2, 0.25) is 5.91 Å². The number of nitrogens with two attached hydrogens (primary N) is 1. The van der Waals surface area contributed by atoms with E-state index in [1.807, 2.05) is 49.4 Å². The first-order valence-corrected chi connectivity index (χ1v) is 9.22. The van der Waals surface area contributed by atoms with E-state index in [0.717, 1.165) is 22.3 Å². The van der Waals surface area contributed by atoms with Crippen LogP contribution in [0.1, 0.15) is 36.4 Å². The summed E-state index contributed by atoms with van der Waals surface area (Å²) in [6.07, 6.45) is 0.400. The molecule has 2 unspecified atom stereocenters. The Kier molecular flexibility index (Phi) is 7.85. The van der Waals surface area contributed by atoms with Crippen LogP contribution in [0.4, 0.5) is 0 Å². The molecule has 3 aromatic carbocycles. The van der Waals surface area contributed by atoms with Gasteiger partial charge in [-0.3, -0.25) is 4.79 Å². The Labute approximate surface area is 172 Å². The van der Waals surface area contributed by atoms with Crippen LogP contribution in [0, 0.1) is 0 Å². The van der Waals surface area contributed by atoms with Crippen LogP contribution in [0.5, 0.6) is 5.75 Å². The molecule has 0 aliphatic rings. The molecule has 0 saturated carbocycles. The quantitative estimate of drug-likeness (QED) is 0.612. The summed E-state index contributed by atoms with van der Waals surface area (Å²) in [5, 5.41) is 5.40. The van der Waals surface area contributed by atoms with Crippen molar-refractivity contribution in [3.63, 3.8) is 0 Å². The van der Waals surface area contributed by atoms with E-state index in [1.165, 1.54) is 5.39 Å². The largest absolute Gasteiger partial charge is 0.497 e. The van der Waals surface area contributed by atoms with Gasteiger partial charge in [0.1, 0.15) is 5.75 Å². The predicted octanol–water partition coefficient (Wildman–Crippen LogP) is 4.58. The van der Waals surface area contributed by atoms with Gasteiger partial charge in [0.15, 0.2) is 0 Å². The summed E-state index contributed by atoms with van der Waals surface area (Å²) in [6.45, 7) is 2.40. The molecule has 0 aliphatic carbocycles. The van der Waals surface area contributed by atoms with E-state index < -0.39 is 0 Å². The first-order chi connectivity index (χ1) is 13.1. The molecule has 0 spiro atoms. The van der Waals surface area contributed by atoms with Crippen LogP contribution in [-0.4, -0.2) is 19.6 Å². The number of carbonyl (C=O) groups is 1. The molecule has 4 nitrogen and oxygen atoms in total. The maximum absolute atomic E-state index is 12.6. The van der Waals surface area contributed by atoms with Crippen molar-refractivity contribution in [3.8, 4) is 5.75 Å². The number of fused-ring (bicyclic) bond motifs is 1. The molecule has 0 heterocycles. The summed E-state index contributed by atoms with van der Waals surface area (Å²) in [7, 11) is 1.64. The van der Waals surface area contributed by atoms with E-state index >= 15 is 0 Å². The van der Waals surface area contributed by atoms with Crippen LogP contribution in [-0.2, 0) is 4.79 Å². The number of hydrogen-bond donors (Lipinski definition) is 2. The minimum Gasteiger partial charge on any atom is -0.497 e. The molecule has 0 aliphatic heterocycles. The van der Waals surface area contributed by atoms with Crippen molar-refractivity contribution in [1.82, 2.24) is 5.32 Å². The maximum atomic E-state index is 12.6. The highest BCUT2D eigenvalue weighted by atomic mass is 35.5. The van der Waals surface area contributed by atoms with Crippen molar-refractivity contribution in [2.75, 3.05) is 13.7 Å². The van der Waals surface area contributed by atoms with Gasteiger partial charge in [0.05, 0.1) is 13.2 Å². The Balaban J connectivity index is 0.00000280. The lowest BCUT2D eigenvalue weighted by Crippen LogP contribution is -2.33. The second-order valence-corrected chi connectivity index (χ2v) is 6.84. The molecule has 3 rings (SSSR count). The van der Waals surface area contributed by atoms with Crippen molar-refractivity contribution in [2.24, 2.45) is 5.73 Å². The smallest absolute Gasteiger partial charge is 0.221 e. The lowest BCUT2D eigenvalue weighted by Gasteiger charge is -2.20. The Morgan fingerprint density at radius 2 is 1.75 bits per heavy atom. The number of benzene rings is 3. The lowest BCUT2D eigenvalue weighted by atomic mass is 9.96. The molecule has 3 N–H and O–H groups in total. The SMILES string of the molecule is COc1cccc(C(C)CC(=O)NC(CN)c2ccc3ccccc3c2)c1.Cl. The molecule has 0 radical (unpaired) electrons. The number of nitrogens with one attached hydrogen (secondary N) is 1. The molecule has 0 bridgehead atoms. The fraction of sp³-hybridized carbons (Fsp3) is 0.261. The van der Waals surface area contributed by atoms with E-state index in [9.17, 15) is 4.79 Å². The normalized spacial score (nSPS) is 12.7. The molecular weight excluding hydrogens is 372 g/mol. The number of amides is 1. The van der Waals surface area contributed by atoms with Gasteiger partial charge in [-0.15, -0.1) is 12.4 Å². The zero-order valence-electron chi connectivity index (χ0n) is 16.2. The number of halogens is 1. The topological polar surface area (TPSA) is 64.3 Å². The van der Waals surface area contributed by atoms with Crippen LogP contribution in [0.25, 0.3) is 10.8 Å². The van der Waals surface area contributed by atoms with E-state index in [2.05, 4.69) is 29.6 Å². The van der Waals surface area contributed by atoms with Crippen LogP contribution < -0.4 is 15.8 Å². The van der Waals surface area contributed by atoms with Crippen molar-refractivity contribution >= 4 is 29.1 Å². The Morgan fingerprint density at radius 3 is 2.46 bits per heavy atom. The third kappa shape index (κ3) is 5.24. The van der Waals surface area contributed by atoms with E-state index in [0.29, 0.717) is 13.0 Å². The summed E-state index contributed by atoms with van der Waals surface area (Å²) in [5.41, 5.74) is 8.06. The molecular formula is C23H27ClN2O2. The summed E-state index contributed by atoms with van der Waals surface area (Å²) in [5.74, 6) is 0.889. The van der Waals surface area contributed by atoms with Gasteiger partial charge in [0.25, 0.3) is 0 Å². The first-order valence-electron chi connectivity index (χ1n) is 9.22. The highest BCUT2D eigenvalue weighted by Crippen LogP contribution is 2.24. The minimum atomic E-state index is -0.195. The molecule has 1 amide bonds. The van der Waals surface area contributed by atoms with Crippen molar-refractivity contribution < 1.29 is 9.53 Å². The van der Waals surface area contributed by atoms with Crippen LogP contribution in [0.2, 0.25) is 0 Å². The number of hydrogen-bond acceptors (Lipinski definition) is 3. The zero-order valence-corrected chi connectivity index (χ0v) is 17.0. The number of carbonyl (C=O) groups excluding carboxylic acids is 1. The Morgan fingerprint density at radius 1 is 1.00 bits per heavy atom. The molecule has 2 atom stereocenters. The van der Waals surface area contributed by atoms with E-state index in [4.69, 9.17) is 10.5 Å². The first kappa shape index (κ1) is 21.7. The zero-order chi connectivity index (χ0) is 19.2. The standard InChI is InChI=1S/C23H26N2O2.ClH/c1-16(18-8-5-9-21(14-18)27-2)12-23(26)25-22(15-24)20-11-10-17-6-3-4-7-19(17)13-20;/h3-11,13-14,16,22H,12,15,24H2,1-2H3,(H,25,26);1H. The summed E-state index contributed by atoms with van der Waals surface area (Å²) in [6, 6.07) is 22.0. The molecule has 28 heavy (non-hydrogen) atoms. The third-order valence-corrected chi connectivity index (χ3v) is 4.90. The van der Waals surface area contributed by atoms with Gasteiger partial charge in [-0.2, -0.15) is 0 Å². The minimum absolute atomic E-state index is 0. The van der Waals surface area contributed by atoms with Crippen LogP contribution >= 0.6 is 12.4 Å². The highest BCUT2D eigenvalue weighted by Gasteiger charge is 2.17. The van der Waals surface area contributed by atoms with Crippen molar-refractivity contribution in [3.05, 3.63) is 77.9 Å². The monoisotopic (exact) mass is 398 g/mol. The van der Waals surface area contributed by atoms with Gasteiger partial charge >= 0.3 is 0 Å². The van der Waals surface area contributed by atoms with Crippen LogP contribution in [0.15, 0.2) is 66.7 Å². The second kappa shape index (κ2) is 10.1. The fourth-order valence-corrected chi connectivity index (χ4v) is 3.30. The van der Waals surface area contributed by atoms with Crippen molar-refractivity contribution in [2.45, 2.75) is 25.3 Å². The summed E-state index contributed by atoms with van der Waals surface area (Å²) >= 11 is 0. The number of rotatable bonds is 7. The van der Waals surface area contributed by atoms with E-state index in [-0.39, 0.29) is 30.3 Å². The third-order valence-electron chi connectivity index (χ3n) is 4.90. The van der Waals surface area contributed by atoms with Gasteiger partial charge < -0.3 is 15.8 Å². The number of methoxy groups -OCH3 is 1. The number of ether oxygens (including phenoxy) is 1. The maximum Gasteiger partial charge on any atom is 0.221 e. The van der Waals surface area contributed by atoms with E-state index in [1.54, 1.807) is 7.11 Å². The van der Waals surface area contributed by atoms with Crippen molar-refractivity contribution in [1.29, 1.82) is 0 Å². The molecule has 0 fully saturated rings. The Hall–Kier alpha value is -2.56. The molecule has 148 valence electrons. The van der Waals surface area contributed by atoms with Gasteiger partial charge in [-0.1, -0.05) is 55.5 Å². The van der Waals surface area contributed by atoms with Crippen LogP contribution in [0.3, 0.4) is 0 Å². The fourth-order valence-electron chi connectivity index (χ4n) is 3.30. The predicted molar refractivity (Wildman–Crippen MR) is 117 cm³/mol. The Bertz CT molecular complexity index is 929. The molecule has 0 aromatic heterocycles. The average Bonchev–Trinajstić information content (AvgIpc) is 2.71. The average molecular weight is 399 g/mol. The van der Waals surface area contributed by atoms with Gasteiger partial charge in [-0.25, -0.2) is 0 Å². The molecule has 5 heteroatoms. The highest BCUT2D eigenvalue weighted by molar-refractivity contribution is 5.85. The molecule has 0 saturated heterocycles. The lowest BCUT2D eigenvalue weighted by molar-refractivity contribution is -0.122. The van der Waals surface area contributed by atoms with Gasteiger partial charge in [-0.05, 0) is 46.0 Å². The summed E-state index contributed by atoms with van der Waals surface area (Å²) < 4.78 is 5.27. The second-order valence-electron chi connectivity index (χ2n) is 6.84. The summed E-state index contributed by atoms with van der Waals surface area (Å²) in [4.78, 5) is 12.6. The molecule has 3 aromatic rings.